The maximum atomic E-state index is 12.6. The second kappa shape index (κ2) is 7.38. The van der Waals surface area contributed by atoms with Gasteiger partial charge in [-0.05, 0) is 84.6 Å². The Morgan fingerprint density at radius 1 is 1.15 bits per heavy atom. The number of benzene rings is 2. The van der Waals surface area contributed by atoms with Gasteiger partial charge in [-0.3, -0.25) is 9.69 Å². The van der Waals surface area contributed by atoms with Crippen molar-refractivity contribution < 1.29 is 9.90 Å². The van der Waals surface area contributed by atoms with Gasteiger partial charge in [-0.1, -0.05) is 19.1 Å². The molecular formula is C21H22N2O2S. The summed E-state index contributed by atoms with van der Waals surface area (Å²) in [7, 11) is 1.74. The maximum Gasteiger partial charge on any atom is 0.266 e. The molecule has 1 heterocycles. The molecule has 0 atom stereocenters. The van der Waals surface area contributed by atoms with Crippen LogP contribution in [0.5, 0.6) is 5.75 Å². The summed E-state index contributed by atoms with van der Waals surface area (Å²) in [4.78, 5) is 19.4. The van der Waals surface area contributed by atoms with E-state index in [9.17, 15) is 9.90 Å². The summed E-state index contributed by atoms with van der Waals surface area (Å²) in [5.41, 5.74) is 4.59. The van der Waals surface area contributed by atoms with Gasteiger partial charge in [0.05, 0.1) is 10.6 Å². The minimum absolute atomic E-state index is 0.0673. The van der Waals surface area contributed by atoms with Gasteiger partial charge in [0, 0.05) is 7.05 Å². The number of likely N-dealkylation sites (N-methyl/N-ethyl adjacent to an activating group) is 1. The van der Waals surface area contributed by atoms with Crippen molar-refractivity contribution in [1.29, 1.82) is 0 Å². The lowest BCUT2D eigenvalue weighted by atomic mass is 10.1. The first kappa shape index (κ1) is 18.3. The number of amidine groups is 1. The van der Waals surface area contributed by atoms with Gasteiger partial charge in [0.15, 0.2) is 5.17 Å². The molecule has 1 N–H and O–H groups in total. The average molecular weight is 366 g/mol. The number of aryl methyl sites for hydroxylation is 3. The van der Waals surface area contributed by atoms with E-state index in [1.165, 1.54) is 17.3 Å². The molecule has 2 aromatic rings. The molecule has 0 radical (unpaired) electrons. The monoisotopic (exact) mass is 366 g/mol. The molecule has 0 unspecified atom stereocenters. The van der Waals surface area contributed by atoms with Crippen LogP contribution in [0, 0.1) is 13.8 Å². The second-order valence-corrected chi connectivity index (χ2v) is 7.40. The molecule has 1 fully saturated rings. The Hall–Kier alpha value is -2.53. The Bertz CT molecular complexity index is 891. The molecule has 3 rings (SSSR count). The molecule has 0 aliphatic carbocycles. The van der Waals surface area contributed by atoms with Crippen LogP contribution in [0.3, 0.4) is 0 Å². The molecule has 26 heavy (non-hydrogen) atoms. The van der Waals surface area contributed by atoms with Crippen molar-refractivity contribution in [3.63, 3.8) is 0 Å². The number of carbonyl (C=O) groups is 1. The average Bonchev–Trinajstić information content (AvgIpc) is 2.88. The van der Waals surface area contributed by atoms with E-state index in [2.05, 4.69) is 24.0 Å². The summed E-state index contributed by atoms with van der Waals surface area (Å²) in [5, 5.41) is 10.6. The molecular weight excluding hydrogens is 344 g/mol. The van der Waals surface area contributed by atoms with Crippen LogP contribution in [0.25, 0.3) is 6.08 Å². The van der Waals surface area contributed by atoms with Gasteiger partial charge in [0.2, 0.25) is 0 Å². The Kier molecular flexibility index (Phi) is 5.18. The fraction of sp³-hybridized carbons (Fsp3) is 0.238. The third-order valence-electron chi connectivity index (χ3n) is 4.38. The third kappa shape index (κ3) is 3.68. The first-order valence-corrected chi connectivity index (χ1v) is 9.36. The number of aromatic hydroxyl groups is 1. The fourth-order valence-electron chi connectivity index (χ4n) is 2.79. The highest BCUT2D eigenvalue weighted by molar-refractivity contribution is 8.18. The van der Waals surface area contributed by atoms with Gasteiger partial charge in [-0.25, -0.2) is 4.99 Å². The van der Waals surface area contributed by atoms with Gasteiger partial charge < -0.3 is 5.11 Å². The number of aliphatic imine (C=N–C) groups is 1. The number of carbonyl (C=O) groups excluding carboxylic acids is 1. The highest BCUT2D eigenvalue weighted by atomic mass is 32.2. The van der Waals surface area contributed by atoms with Crippen LogP contribution in [0.1, 0.15) is 29.2 Å². The summed E-state index contributed by atoms with van der Waals surface area (Å²) >= 11 is 1.37. The van der Waals surface area contributed by atoms with Crippen molar-refractivity contribution in [2.75, 3.05) is 7.05 Å². The molecule has 134 valence electrons. The van der Waals surface area contributed by atoms with Gasteiger partial charge in [0.25, 0.3) is 5.91 Å². The number of hydrogen-bond donors (Lipinski definition) is 1. The highest BCUT2D eigenvalue weighted by Gasteiger charge is 2.30. The number of thioether (sulfide) groups is 1. The van der Waals surface area contributed by atoms with Crippen molar-refractivity contribution in [3.05, 3.63) is 63.6 Å². The van der Waals surface area contributed by atoms with Crippen LogP contribution in [0.15, 0.2) is 46.3 Å². The lowest BCUT2D eigenvalue weighted by Gasteiger charge is -2.07. The summed E-state index contributed by atoms with van der Waals surface area (Å²) in [5.74, 6) is 0.231. The van der Waals surface area contributed by atoms with Crippen molar-refractivity contribution >= 4 is 34.6 Å². The van der Waals surface area contributed by atoms with E-state index in [0.717, 1.165) is 28.8 Å². The van der Waals surface area contributed by atoms with Gasteiger partial charge in [-0.15, -0.1) is 0 Å². The van der Waals surface area contributed by atoms with E-state index >= 15 is 0 Å². The first-order chi connectivity index (χ1) is 12.4. The van der Waals surface area contributed by atoms with E-state index < -0.39 is 0 Å². The van der Waals surface area contributed by atoms with Crippen LogP contribution in [-0.4, -0.2) is 28.1 Å². The molecule has 4 nitrogen and oxygen atoms in total. The number of hydrogen-bond acceptors (Lipinski definition) is 4. The van der Waals surface area contributed by atoms with E-state index in [-0.39, 0.29) is 5.91 Å². The molecule has 0 saturated carbocycles. The quantitative estimate of drug-likeness (QED) is 0.794. The number of amides is 1. The van der Waals surface area contributed by atoms with Crippen LogP contribution < -0.4 is 0 Å². The summed E-state index contributed by atoms with van der Waals surface area (Å²) in [6.07, 6.45) is 2.84. The number of phenols is 1. The smallest absolute Gasteiger partial charge is 0.266 e. The highest BCUT2D eigenvalue weighted by Crippen LogP contribution is 2.34. The van der Waals surface area contributed by atoms with Gasteiger partial charge in [-0.2, -0.15) is 0 Å². The van der Waals surface area contributed by atoms with Crippen molar-refractivity contribution in [2.45, 2.75) is 27.2 Å². The maximum absolute atomic E-state index is 12.6. The predicted octanol–water partition coefficient (Wildman–Crippen LogP) is 4.81. The van der Waals surface area contributed by atoms with Crippen LogP contribution in [0.2, 0.25) is 0 Å². The first-order valence-electron chi connectivity index (χ1n) is 8.54. The molecule has 0 aromatic heterocycles. The zero-order valence-corrected chi connectivity index (χ0v) is 16.2. The molecule has 1 saturated heterocycles. The predicted molar refractivity (Wildman–Crippen MR) is 109 cm³/mol. The van der Waals surface area contributed by atoms with Crippen molar-refractivity contribution in [3.8, 4) is 5.75 Å². The molecule has 5 heteroatoms. The lowest BCUT2D eigenvalue weighted by molar-refractivity contribution is -0.121. The fourth-order valence-corrected chi connectivity index (χ4v) is 3.78. The minimum Gasteiger partial charge on any atom is -0.507 e. The van der Waals surface area contributed by atoms with Gasteiger partial charge in [0.1, 0.15) is 5.75 Å². The van der Waals surface area contributed by atoms with E-state index in [1.807, 2.05) is 44.2 Å². The second-order valence-electron chi connectivity index (χ2n) is 6.39. The number of rotatable bonds is 3. The van der Waals surface area contributed by atoms with Crippen LogP contribution in [-0.2, 0) is 11.2 Å². The zero-order valence-electron chi connectivity index (χ0n) is 15.4. The Labute approximate surface area is 158 Å². The Balaban J connectivity index is 1.89. The molecule has 0 spiro atoms. The number of phenolic OH excluding ortho intramolecular Hbond substituents is 1. The molecule has 1 amide bonds. The van der Waals surface area contributed by atoms with Crippen molar-refractivity contribution in [1.82, 2.24) is 4.90 Å². The summed E-state index contributed by atoms with van der Waals surface area (Å²) < 4.78 is 0. The Morgan fingerprint density at radius 3 is 2.35 bits per heavy atom. The third-order valence-corrected chi connectivity index (χ3v) is 5.44. The Morgan fingerprint density at radius 2 is 1.77 bits per heavy atom. The largest absolute Gasteiger partial charge is 0.507 e. The van der Waals surface area contributed by atoms with Gasteiger partial charge >= 0.3 is 0 Å². The molecule has 0 bridgehead atoms. The molecule has 1 aliphatic heterocycles. The molecule has 1 aliphatic rings. The molecule has 2 aromatic carbocycles. The normalized spacial score (nSPS) is 17.5. The standard InChI is InChI=1S/C21H22N2O2S/c1-5-15-6-8-17(9-7-15)22-21-23(4)20(25)18(26-21)12-16-10-13(2)19(24)14(3)11-16/h6-12,24H,5H2,1-4H3/b18-12+,22-21?. The van der Waals surface area contributed by atoms with E-state index in [4.69, 9.17) is 0 Å². The zero-order chi connectivity index (χ0) is 18.8. The minimum atomic E-state index is -0.0673. The SMILES string of the molecule is CCc1ccc(N=C2S/C(=C/c3cc(C)c(O)c(C)c3)C(=O)N2C)cc1. The number of nitrogens with zero attached hydrogens (tertiary/aromatic N) is 2. The van der Waals surface area contributed by atoms with Crippen molar-refractivity contribution in [2.24, 2.45) is 4.99 Å². The summed E-state index contributed by atoms with van der Waals surface area (Å²) in [6, 6.07) is 11.8. The van der Waals surface area contributed by atoms with E-state index in [0.29, 0.717) is 15.8 Å². The topological polar surface area (TPSA) is 52.9 Å². The van der Waals surface area contributed by atoms with Crippen LogP contribution >= 0.6 is 11.8 Å². The lowest BCUT2D eigenvalue weighted by Crippen LogP contribution is -2.23. The summed E-state index contributed by atoms with van der Waals surface area (Å²) in [6.45, 7) is 5.82. The van der Waals surface area contributed by atoms with Crippen LogP contribution in [0.4, 0.5) is 5.69 Å². The van der Waals surface area contributed by atoms with E-state index in [1.54, 1.807) is 11.9 Å².